The number of hydrogen-bond acceptors (Lipinski definition) is 4. The summed E-state index contributed by atoms with van der Waals surface area (Å²) in [6, 6.07) is 62.1. The van der Waals surface area contributed by atoms with Gasteiger partial charge in [-0.05, 0) is 161 Å². The van der Waals surface area contributed by atoms with Gasteiger partial charge in [-0.1, -0.05) is 203 Å². The highest BCUT2D eigenvalue weighted by molar-refractivity contribution is 7.26. The lowest BCUT2D eigenvalue weighted by Gasteiger charge is -2.46. The SMILES string of the molecule is CC(C)(C)c1ccc(N2c3ccc(C(C)(C)C)cc3B3c4cc(C(C)(C)C)ccc4N(c4cc(N(c5ccc(C(C)(C)C)cc5)c5ccc(C(C)(C)C)cc5)c5sc6ccccc6c5c4)c4cc(C(C)(C)C)cc2c43)cc1. The highest BCUT2D eigenvalue weighted by atomic mass is 32.1. The van der Waals surface area contributed by atoms with Crippen LogP contribution >= 0.6 is 11.3 Å². The first-order valence-electron chi connectivity index (χ1n) is 28.1. The predicted molar refractivity (Wildman–Crippen MR) is 340 cm³/mol. The summed E-state index contributed by atoms with van der Waals surface area (Å²) in [4.78, 5) is 7.79. The van der Waals surface area contributed by atoms with Crippen molar-refractivity contribution in [3.8, 4) is 0 Å². The minimum atomic E-state index is -0.158. The van der Waals surface area contributed by atoms with E-state index in [1.807, 2.05) is 11.3 Å². The van der Waals surface area contributed by atoms with Gasteiger partial charge < -0.3 is 14.7 Å². The second kappa shape index (κ2) is 18.0. The Bertz CT molecular complexity index is 3680. The van der Waals surface area contributed by atoms with E-state index in [0.717, 1.165) is 17.1 Å². The first-order valence-corrected chi connectivity index (χ1v) is 28.9. The standard InChI is InChI=1S/C72H80BN3S/c1-67(2,3)45-23-31-51(32-24-45)74(52-33-25-46(26-34-52)68(4,5)6)63-44-54(43-56-55-21-19-20-22-64(55)77-66(56)63)76-60-38-30-49(71(13,14)15)40-58(60)73-57-39-48(70(10,11)12)29-37-59(57)75(53-35-27-47(28-36-53)69(7,8)9)61-41-50(72(16,17)18)42-62(76)65(61)73/h19-44H,1-18H3. The minimum absolute atomic E-state index is 0.0176. The molecule has 77 heavy (non-hydrogen) atoms. The van der Waals surface area contributed by atoms with E-state index in [0.29, 0.717) is 0 Å². The van der Waals surface area contributed by atoms with Crippen LogP contribution in [0.4, 0.5) is 51.2 Å². The Morgan fingerprint density at radius 2 is 0.753 bits per heavy atom. The molecule has 0 unspecified atom stereocenters. The molecule has 3 heterocycles. The van der Waals surface area contributed by atoms with E-state index in [9.17, 15) is 0 Å². The zero-order valence-electron chi connectivity index (χ0n) is 49.3. The largest absolute Gasteiger partial charge is 0.311 e. The molecule has 3 nitrogen and oxygen atoms in total. The van der Waals surface area contributed by atoms with Gasteiger partial charge in [0.2, 0.25) is 0 Å². The van der Waals surface area contributed by atoms with E-state index in [1.165, 1.54) is 104 Å². The van der Waals surface area contributed by atoms with Gasteiger partial charge >= 0.3 is 0 Å². The normalized spacial score (nSPS) is 14.0. The lowest BCUT2D eigenvalue weighted by atomic mass is 9.33. The van der Waals surface area contributed by atoms with E-state index in [2.05, 4.69) is 297 Å². The smallest absolute Gasteiger partial charge is 0.252 e. The van der Waals surface area contributed by atoms with E-state index in [4.69, 9.17) is 0 Å². The van der Waals surface area contributed by atoms with Crippen molar-refractivity contribution in [3.05, 3.63) is 191 Å². The number of nitrogens with zero attached hydrogens (tertiary/aromatic N) is 3. The molecule has 9 aromatic rings. The molecule has 0 atom stereocenters. The summed E-state index contributed by atoms with van der Waals surface area (Å²) in [6.07, 6.45) is 0. The van der Waals surface area contributed by atoms with Gasteiger partial charge in [0.05, 0.1) is 10.4 Å². The summed E-state index contributed by atoms with van der Waals surface area (Å²) >= 11 is 1.90. The molecule has 0 radical (unpaired) electrons. The molecule has 8 aromatic carbocycles. The highest BCUT2D eigenvalue weighted by Gasteiger charge is 2.45. The summed E-state index contributed by atoms with van der Waals surface area (Å²) in [7, 11) is 0. The van der Waals surface area contributed by atoms with Crippen molar-refractivity contribution in [2.24, 2.45) is 0 Å². The Labute approximate surface area is 466 Å². The molecule has 0 spiro atoms. The predicted octanol–water partition coefficient (Wildman–Crippen LogP) is 19.4. The lowest BCUT2D eigenvalue weighted by Crippen LogP contribution is -2.61. The fraction of sp³-hybridized carbons (Fsp3) is 0.333. The van der Waals surface area contributed by atoms with Gasteiger partial charge in [-0.25, -0.2) is 0 Å². The van der Waals surface area contributed by atoms with E-state index >= 15 is 0 Å². The topological polar surface area (TPSA) is 9.72 Å². The number of rotatable bonds is 5. The molecule has 0 N–H and O–H groups in total. The molecular formula is C72H80BN3S. The molecule has 5 heteroatoms. The van der Waals surface area contributed by atoms with Gasteiger partial charge in [0.15, 0.2) is 0 Å². The maximum atomic E-state index is 2.66. The molecule has 0 amide bonds. The zero-order chi connectivity index (χ0) is 55.1. The average molecular weight is 1030 g/mol. The van der Waals surface area contributed by atoms with Gasteiger partial charge in [0.1, 0.15) is 0 Å². The first-order chi connectivity index (χ1) is 36.0. The van der Waals surface area contributed by atoms with Crippen molar-refractivity contribution >= 4 is 106 Å². The van der Waals surface area contributed by atoms with Crippen LogP contribution < -0.4 is 31.1 Å². The molecule has 11 rings (SSSR count). The van der Waals surface area contributed by atoms with Gasteiger partial charge in [-0.15, -0.1) is 11.3 Å². The third-order valence-electron chi connectivity index (χ3n) is 16.6. The van der Waals surface area contributed by atoms with Crippen LogP contribution in [0, 0.1) is 0 Å². The Kier molecular flexibility index (Phi) is 12.3. The van der Waals surface area contributed by atoms with Gasteiger partial charge in [-0.2, -0.15) is 0 Å². The quantitative estimate of drug-likeness (QED) is 0.159. The van der Waals surface area contributed by atoms with Crippen LogP contribution in [0.5, 0.6) is 0 Å². The molecule has 0 bridgehead atoms. The number of fused-ring (bicyclic) bond motifs is 7. The molecule has 2 aliphatic rings. The Morgan fingerprint density at radius 1 is 0.351 bits per heavy atom. The number of anilines is 9. The van der Waals surface area contributed by atoms with E-state index in [1.54, 1.807) is 0 Å². The fourth-order valence-corrected chi connectivity index (χ4v) is 13.0. The van der Waals surface area contributed by atoms with Crippen molar-refractivity contribution in [1.82, 2.24) is 0 Å². The fourth-order valence-electron chi connectivity index (χ4n) is 11.8. The average Bonchev–Trinajstić information content (AvgIpc) is 3.91. The minimum Gasteiger partial charge on any atom is -0.311 e. The molecule has 0 saturated heterocycles. The molecule has 2 aliphatic heterocycles. The molecule has 1 aromatic heterocycles. The lowest BCUT2D eigenvalue weighted by molar-refractivity contribution is 0.589. The summed E-state index contributed by atoms with van der Waals surface area (Å²) < 4.78 is 2.55. The van der Waals surface area contributed by atoms with Crippen LogP contribution in [-0.2, 0) is 32.5 Å². The van der Waals surface area contributed by atoms with Crippen molar-refractivity contribution in [3.63, 3.8) is 0 Å². The number of benzene rings is 8. The summed E-state index contributed by atoms with van der Waals surface area (Å²) in [5.41, 5.74) is 22.5. The maximum absolute atomic E-state index is 2.66. The maximum Gasteiger partial charge on any atom is 0.252 e. The molecular weight excluding hydrogens is 950 g/mol. The second-order valence-corrected chi connectivity index (χ2v) is 29.5. The van der Waals surface area contributed by atoms with Crippen LogP contribution in [0.15, 0.2) is 158 Å². The van der Waals surface area contributed by atoms with Crippen molar-refractivity contribution < 1.29 is 0 Å². The van der Waals surface area contributed by atoms with Gasteiger partial charge in [0, 0.05) is 61.0 Å². The first kappa shape index (κ1) is 52.5. The Hall–Kier alpha value is -6.56. The van der Waals surface area contributed by atoms with Gasteiger partial charge in [0.25, 0.3) is 6.71 Å². The Morgan fingerprint density at radius 3 is 1.19 bits per heavy atom. The molecule has 0 aliphatic carbocycles. The summed E-state index contributed by atoms with van der Waals surface area (Å²) in [5.74, 6) is 0. The monoisotopic (exact) mass is 1030 g/mol. The van der Waals surface area contributed by atoms with Crippen molar-refractivity contribution in [2.45, 2.75) is 157 Å². The summed E-state index contributed by atoms with van der Waals surface area (Å²) in [5, 5.41) is 2.54. The van der Waals surface area contributed by atoms with Crippen LogP contribution in [0.25, 0.3) is 20.2 Å². The molecule has 392 valence electrons. The Balaban J connectivity index is 1.26. The van der Waals surface area contributed by atoms with E-state index in [-0.39, 0.29) is 39.2 Å². The van der Waals surface area contributed by atoms with Crippen molar-refractivity contribution in [2.75, 3.05) is 14.7 Å². The molecule has 0 fully saturated rings. The van der Waals surface area contributed by atoms with Gasteiger partial charge in [-0.3, -0.25) is 0 Å². The van der Waals surface area contributed by atoms with Crippen LogP contribution in [0.3, 0.4) is 0 Å². The second-order valence-electron chi connectivity index (χ2n) is 28.5. The number of hydrogen-bond donors (Lipinski definition) is 0. The van der Waals surface area contributed by atoms with Crippen molar-refractivity contribution in [1.29, 1.82) is 0 Å². The van der Waals surface area contributed by atoms with Crippen LogP contribution in [0.1, 0.15) is 158 Å². The summed E-state index contributed by atoms with van der Waals surface area (Å²) in [6.45, 7) is 42.0. The van der Waals surface area contributed by atoms with Crippen LogP contribution in [0.2, 0.25) is 0 Å². The highest BCUT2D eigenvalue weighted by Crippen LogP contribution is 2.52. The molecule has 0 saturated carbocycles. The zero-order valence-corrected chi connectivity index (χ0v) is 50.2. The third kappa shape index (κ3) is 9.29. The van der Waals surface area contributed by atoms with E-state index < -0.39 is 0 Å². The third-order valence-corrected chi connectivity index (χ3v) is 17.8. The number of thiophene rings is 1. The van der Waals surface area contributed by atoms with Crippen LogP contribution in [-0.4, -0.2) is 6.71 Å².